The number of likely N-dealkylation sites (tertiary alicyclic amines) is 1. The topological polar surface area (TPSA) is 152 Å². The molecule has 2 atom stereocenters. The number of nitrogens with one attached hydrogen (secondary N) is 1. The van der Waals surface area contributed by atoms with E-state index in [-0.39, 0.29) is 42.3 Å². The molecule has 15 heteroatoms. The Balaban J connectivity index is 1.35. The zero-order valence-electron chi connectivity index (χ0n) is 26.6. The number of ether oxygens (including phenoxy) is 2. The van der Waals surface area contributed by atoms with Gasteiger partial charge in [0, 0.05) is 44.1 Å². The van der Waals surface area contributed by atoms with Gasteiger partial charge in [0.25, 0.3) is 0 Å². The number of benzene rings is 1. The molecule has 0 radical (unpaired) electrons. The molecule has 0 aliphatic carbocycles. The van der Waals surface area contributed by atoms with Crippen LogP contribution in [0.4, 0.5) is 23.9 Å². The Kier molecular flexibility index (Phi) is 10.7. The van der Waals surface area contributed by atoms with Crippen molar-refractivity contribution in [2.75, 3.05) is 37.7 Å². The van der Waals surface area contributed by atoms with Gasteiger partial charge in [0.15, 0.2) is 17.4 Å². The number of halogens is 3. The third kappa shape index (κ3) is 8.85. The Bertz CT molecular complexity index is 1460. The molecule has 2 fully saturated rings. The van der Waals surface area contributed by atoms with Gasteiger partial charge in [0.2, 0.25) is 5.95 Å². The van der Waals surface area contributed by atoms with Crippen molar-refractivity contribution < 1.29 is 37.0 Å². The van der Waals surface area contributed by atoms with Gasteiger partial charge in [-0.25, -0.2) is 27.9 Å². The van der Waals surface area contributed by atoms with Gasteiger partial charge in [-0.05, 0) is 51.2 Å². The Labute approximate surface area is 265 Å². The summed E-state index contributed by atoms with van der Waals surface area (Å²) in [6.07, 6.45) is 3.49. The van der Waals surface area contributed by atoms with Gasteiger partial charge in [-0.1, -0.05) is 13.8 Å². The van der Waals surface area contributed by atoms with Crippen LogP contribution >= 0.6 is 0 Å². The van der Waals surface area contributed by atoms with Crippen molar-refractivity contribution in [3.8, 4) is 5.75 Å². The van der Waals surface area contributed by atoms with Crippen molar-refractivity contribution in [1.29, 1.82) is 0 Å². The number of aromatic nitrogens is 2. The SMILES string of the molecule is CC(C)C(N)=NC(=O)C(=O)N1CCC(COc2cnc(N3CC(NC(=O)OC(C)(C)C)C(c4cc(F)c(F)cc4F)C3)nc2)CC1. The van der Waals surface area contributed by atoms with E-state index in [0.29, 0.717) is 44.4 Å². The van der Waals surface area contributed by atoms with Crippen LogP contribution in [0, 0.1) is 29.3 Å². The lowest BCUT2D eigenvalue weighted by Gasteiger charge is -2.31. The minimum atomic E-state index is -1.31. The van der Waals surface area contributed by atoms with Crippen molar-refractivity contribution >= 4 is 29.7 Å². The maximum absolute atomic E-state index is 14.8. The summed E-state index contributed by atoms with van der Waals surface area (Å²) in [5.41, 5.74) is 4.83. The van der Waals surface area contributed by atoms with E-state index in [0.717, 1.165) is 6.07 Å². The van der Waals surface area contributed by atoms with Crippen LogP contribution in [0.25, 0.3) is 0 Å². The second-order valence-corrected chi connectivity index (χ2v) is 12.8. The lowest BCUT2D eigenvalue weighted by atomic mass is 9.93. The van der Waals surface area contributed by atoms with Crippen LogP contribution < -0.4 is 20.7 Å². The molecule has 1 aromatic carbocycles. The number of amidine groups is 1. The first-order valence-corrected chi connectivity index (χ1v) is 15.1. The third-order valence-electron chi connectivity index (χ3n) is 7.75. The summed E-state index contributed by atoms with van der Waals surface area (Å²) in [6.45, 7) is 10.0. The summed E-state index contributed by atoms with van der Waals surface area (Å²) >= 11 is 0. The number of hydrogen-bond donors (Lipinski definition) is 2. The minimum absolute atomic E-state index is 0.0908. The second-order valence-electron chi connectivity index (χ2n) is 12.8. The first-order chi connectivity index (χ1) is 21.6. The number of carbonyl (C=O) groups excluding carboxylic acids is 3. The second kappa shape index (κ2) is 14.3. The number of nitrogens with zero attached hydrogens (tertiary/aromatic N) is 5. The van der Waals surface area contributed by atoms with Gasteiger partial charge in [-0.15, -0.1) is 0 Å². The monoisotopic (exact) mass is 647 g/mol. The molecule has 2 unspecified atom stereocenters. The molecule has 0 saturated carbocycles. The van der Waals surface area contributed by atoms with Crippen molar-refractivity contribution in [3.05, 3.63) is 47.5 Å². The molecule has 3 heterocycles. The Morgan fingerprint density at radius 3 is 2.28 bits per heavy atom. The highest BCUT2D eigenvalue weighted by Crippen LogP contribution is 2.33. The van der Waals surface area contributed by atoms with Crippen molar-refractivity contribution in [1.82, 2.24) is 20.2 Å². The lowest BCUT2D eigenvalue weighted by molar-refractivity contribution is -0.145. The van der Waals surface area contributed by atoms with Gasteiger partial charge in [0.05, 0.1) is 25.0 Å². The fourth-order valence-electron chi connectivity index (χ4n) is 5.20. The van der Waals surface area contributed by atoms with Gasteiger partial charge in [0.1, 0.15) is 17.3 Å². The molecule has 3 amide bonds. The van der Waals surface area contributed by atoms with Crippen molar-refractivity contribution in [2.24, 2.45) is 22.6 Å². The summed E-state index contributed by atoms with van der Waals surface area (Å²) in [4.78, 5) is 52.8. The quantitative estimate of drug-likeness (QED) is 0.199. The van der Waals surface area contributed by atoms with Crippen LogP contribution in [0.5, 0.6) is 5.75 Å². The molecule has 250 valence electrons. The Morgan fingerprint density at radius 1 is 1.04 bits per heavy atom. The maximum Gasteiger partial charge on any atom is 0.407 e. The highest BCUT2D eigenvalue weighted by Gasteiger charge is 2.39. The molecule has 3 N–H and O–H groups in total. The Hall–Kier alpha value is -4.43. The number of nitrogens with two attached hydrogens (primary N) is 1. The number of hydrogen-bond acceptors (Lipinski definition) is 8. The van der Waals surface area contributed by atoms with E-state index in [1.807, 2.05) is 0 Å². The fraction of sp³-hybridized carbons (Fsp3) is 0.548. The van der Waals surface area contributed by atoms with Crippen molar-refractivity contribution in [3.63, 3.8) is 0 Å². The molecule has 2 saturated heterocycles. The first-order valence-electron chi connectivity index (χ1n) is 15.1. The van der Waals surface area contributed by atoms with E-state index in [2.05, 4.69) is 20.3 Å². The van der Waals surface area contributed by atoms with Crippen LogP contribution in [-0.2, 0) is 14.3 Å². The molecular formula is C31H40F3N7O5. The first kappa shape index (κ1) is 34.4. The number of carbonyl (C=O) groups is 3. The normalized spacial score (nSPS) is 19.4. The van der Waals surface area contributed by atoms with E-state index >= 15 is 0 Å². The zero-order valence-corrected chi connectivity index (χ0v) is 26.6. The standard InChI is InChI=1S/C31H40F3N7O5/c1-17(2)26(35)39-27(42)28(43)40-8-6-18(7-9-40)16-45-19-12-36-29(37-13-19)41-14-21(20-10-23(33)24(34)11-22(20)32)25(15-41)38-30(44)46-31(3,4)5/h10-13,17-18,21,25H,6-9,14-16H2,1-5H3,(H,38,44)(H2,35,39,42). The van der Waals surface area contributed by atoms with E-state index in [1.54, 1.807) is 39.5 Å². The van der Waals surface area contributed by atoms with Crippen LogP contribution in [0.1, 0.15) is 58.9 Å². The number of piperidine rings is 1. The molecule has 2 aliphatic rings. The highest BCUT2D eigenvalue weighted by atomic mass is 19.2. The molecule has 4 rings (SSSR count). The predicted octanol–water partition coefficient (Wildman–Crippen LogP) is 3.55. The lowest BCUT2D eigenvalue weighted by Crippen LogP contribution is -2.43. The summed E-state index contributed by atoms with van der Waals surface area (Å²) < 4.78 is 53.8. The number of anilines is 1. The number of aliphatic imine (C=N–C) groups is 1. The highest BCUT2D eigenvalue weighted by molar-refractivity contribution is 6.37. The molecule has 0 bridgehead atoms. The number of amides is 3. The summed E-state index contributed by atoms with van der Waals surface area (Å²) in [5.74, 6) is -4.95. The minimum Gasteiger partial charge on any atom is -0.490 e. The van der Waals surface area contributed by atoms with Crippen LogP contribution in [0.3, 0.4) is 0 Å². The summed E-state index contributed by atoms with van der Waals surface area (Å²) in [5, 5.41) is 2.72. The zero-order chi connectivity index (χ0) is 33.8. The number of rotatable bonds is 7. The summed E-state index contributed by atoms with van der Waals surface area (Å²) in [6, 6.07) is 0.566. The van der Waals surface area contributed by atoms with Crippen molar-refractivity contribution in [2.45, 2.75) is 65.0 Å². The molecule has 2 aliphatic heterocycles. The molecule has 12 nitrogen and oxygen atoms in total. The van der Waals surface area contributed by atoms with Crippen LogP contribution in [0.2, 0.25) is 0 Å². The largest absolute Gasteiger partial charge is 0.490 e. The van der Waals surface area contributed by atoms with Gasteiger partial charge in [-0.2, -0.15) is 4.99 Å². The maximum atomic E-state index is 14.8. The van der Waals surface area contributed by atoms with Gasteiger partial charge in [-0.3, -0.25) is 9.59 Å². The average Bonchev–Trinajstić information content (AvgIpc) is 3.40. The average molecular weight is 648 g/mol. The fourth-order valence-corrected chi connectivity index (χ4v) is 5.20. The molecular weight excluding hydrogens is 607 g/mol. The predicted molar refractivity (Wildman–Crippen MR) is 163 cm³/mol. The van der Waals surface area contributed by atoms with Crippen LogP contribution in [0.15, 0.2) is 29.5 Å². The molecule has 1 aromatic heterocycles. The Morgan fingerprint density at radius 2 is 1.67 bits per heavy atom. The van der Waals surface area contributed by atoms with E-state index in [9.17, 15) is 27.6 Å². The van der Waals surface area contributed by atoms with Crippen LogP contribution in [-0.4, -0.2) is 83.0 Å². The van der Waals surface area contributed by atoms with E-state index < -0.39 is 52.9 Å². The molecule has 0 spiro atoms. The molecule has 2 aromatic rings. The van der Waals surface area contributed by atoms with E-state index in [4.69, 9.17) is 15.2 Å². The van der Waals surface area contributed by atoms with E-state index in [1.165, 1.54) is 17.3 Å². The number of alkyl carbamates (subject to hydrolysis) is 1. The molecule has 46 heavy (non-hydrogen) atoms. The summed E-state index contributed by atoms with van der Waals surface area (Å²) in [7, 11) is 0. The van der Waals surface area contributed by atoms with Gasteiger partial charge >= 0.3 is 17.9 Å². The third-order valence-corrected chi connectivity index (χ3v) is 7.75. The van der Waals surface area contributed by atoms with Gasteiger partial charge < -0.3 is 30.3 Å². The smallest absolute Gasteiger partial charge is 0.407 e.